The number of hydrogen-bond donors (Lipinski definition) is 8. The summed E-state index contributed by atoms with van der Waals surface area (Å²) in [7, 11) is 0. The fraction of sp³-hybridized carbons (Fsp3) is 0.725. The van der Waals surface area contributed by atoms with Crippen LogP contribution in [0.15, 0.2) is 35.6 Å². The number of aliphatic hydroxyl groups excluding tert-OH is 6. The standard InChI is InChI=1S/C40H63NO12/c1-26(34(46)33-35(47)31(41-39(33)51)23-27-19-21-29(44)22-20-27)15-11-7-5-6-9-13-17-28(43)16-12-8-3-2-4-10-14-18-30(45)25-52-40-38(50)37(49)36(48)32(24-42)53-40/h19-22,26,30-32,36-38,40,42,44-46,48-50H,2-18,23-25H2,1H3,(H,41,51)/b34-33-/t26?,30?,31?,32-,36+,37-,38-,40-/m0/s1. The van der Waals surface area contributed by atoms with E-state index in [1.165, 1.54) is 12.1 Å². The Kier molecular flexibility index (Phi) is 20.0. The van der Waals surface area contributed by atoms with Gasteiger partial charge in [0.25, 0.3) is 5.91 Å². The van der Waals surface area contributed by atoms with E-state index in [9.17, 15) is 50.1 Å². The van der Waals surface area contributed by atoms with E-state index in [2.05, 4.69) is 5.32 Å². The molecule has 2 fully saturated rings. The molecule has 0 aromatic heterocycles. The minimum Gasteiger partial charge on any atom is -0.511 e. The Balaban J connectivity index is 1.12. The SMILES string of the molecule is CC(CCCCCCCCC(=O)CCCCCCCCCC(O)CO[C@H]1O[C@@H](CO)[C@@H](O)[C@H](O)[C@@H]1O)/C(O)=C1/C(=O)NC(Cc2ccc(O)cc2)C1=O. The van der Waals surface area contributed by atoms with E-state index in [1.807, 2.05) is 6.92 Å². The molecule has 2 saturated heterocycles. The van der Waals surface area contributed by atoms with Gasteiger partial charge in [0.05, 0.1) is 25.4 Å². The summed E-state index contributed by atoms with van der Waals surface area (Å²) in [5, 5.41) is 72.0. The molecule has 0 radical (unpaired) electrons. The second kappa shape index (κ2) is 23.8. The normalized spacial score (nSPS) is 25.3. The lowest BCUT2D eigenvalue weighted by Crippen LogP contribution is -2.59. The van der Waals surface area contributed by atoms with Gasteiger partial charge in [-0.2, -0.15) is 0 Å². The number of phenolic OH excluding ortho intramolecular Hbond substituents is 1. The fourth-order valence-electron chi connectivity index (χ4n) is 6.90. The molecule has 1 amide bonds. The lowest BCUT2D eigenvalue weighted by molar-refractivity contribution is -0.304. The van der Waals surface area contributed by atoms with Crippen molar-refractivity contribution in [3.8, 4) is 5.75 Å². The molecule has 8 atom stereocenters. The van der Waals surface area contributed by atoms with Crippen LogP contribution in [0.25, 0.3) is 0 Å². The predicted octanol–water partition coefficient (Wildman–Crippen LogP) is 3.83. The van der Waals surface area contributed by atoms with E-state index < -0.39 is 61.1 Å². The first-order valence-electron chi connectivity index (χ1n) is 19.6. The Hall–Kier alpha value is -2.91. The molecule has 0 aliphatic carbocycles. The number of Topliss-reactive ketones (excluding diaryl/α,β-unsaturated/α-hetero) is 2. The van der Waals surface area contributed by atoms with Crippen molar-refractivity contribution >= 4 is 17.5 Å². The third-order valence-electron chi connectivity index (χ3n) is 10.3. The maximum atomic E-state index is 12.9. The zero-order chi connectivity index (χ0) is 38.8. The number of carbonyl (C=O) groups is 3. The van der Waals surface area contributed by atoms with Crippen LogP contribution in [-0.2, 0) is 30.3 Å². The average Bonchev–Trinajstić information content (AvgIpc) is 3.42. The van der Waals surface area contributed by atoms with Crippen LogP contribution in [0.4, 0.5) is 0 Å². The van der Waals surface area contributed by atoms with Crippen molar-refractivity contribution in [1.29, 1.82) is 0 Å². The molecule has 300 valence electrons. The summed E-state index contributed by atoms with van der Waals surface area (Å²) in [6.45, 7) is 1.20. The Labute approximate surface area is 313 Å². The van der Waals surface area contributed by atoms with Crippen molar-refractivity contribution in [2.45, 2.75) is 165 Å². The molecule has 8 N–H and O–H groups in total. The maximum absolute atomic E-state index is 12.9. The summed E-state index contributed by atoms with van der Waals surface area (Å²) in [5.41, 5.74) is 0.663. The molecule has 1 aromatic carbocycles. The van der Waals surface area contributed by atoms with E-state index >= 15 is 0 Å². The molecule has 13 heteroatoms. The number of rotatable bonds is 26. The average molecular weight is 750 g/mol. The van der Waals surface area contributed by atoms with Crippen LogP contribution in [0, 0.1) is 5.92 Å². The molecule has 13 nitrogen and oxygen atoms in total. The van der Waals surface area contributed by atoms with E-state index in [0.717, 1.165) is 89.0 Å². The highest BCUT2D eigenvalue weighted by Crippen LogP contribution is 2.26. The quantitative estimate of drug-likeness (QED) is 0.0293. The van der Waals surface area contributed by atoms with Gasteiger partial charge >= 0.3 is 0 Å². The third kappa shape index (κ3) is 15.0. The van der Waals surface area contributed by atoms with Crippen LogP contribution < -0.4 is 5.32 Å². The molecule has 2 aliphatic heterocycles. The van der Waals surface area contributed by atoms with Crippen LogP contribution >= 0.6 is 0 Å². The number of aromatic hydroxyl groups is 1. The molecular weight excluding hydrogens is 686 g/mol. The van der Waals surface area contributed by atoms with Crippen molar-refractivity contribution in [2.75, 3.05) is 13.2 Å². The van der Waals surface area contributed by atoms with Crippen LogP contribution in [-0.4, -0.2) is 109 Å². The van der Waals surface area contributed by atoms with E-state index in [1.54, 1.807) is 12.1 Å². The minimum absolute atomic E-state index is 0.0957. The van der Waals surface area contributed by atoms with Gasteiger partial charge in [-0.25, -0.2) is 0 Å². The first-order valence-corrected chi connectivity index (χ1v) is 19.6. The number of carbonyl (C=O) groups excluding carboxylic acids is 3. The number of allylic oxidation sites excluding steroid dienone is 1. The Bertz CT molecular complexity index is 1280. The molecule has 0 spiro atoms. The maximum Gasteiger partial charge on any atom is 0.259 e. The molecule has 0 saturated carbocycles. The smallest absolute Gasteiger partial charge is 0.259 e. The predicted molar refractivity (Wildman–Crippen MR) is 197 cm³/mol. The summed E-state index contributed by atoms with van der Waals surface area (Å²) >= 11 is 0. The van der Waals surface area contributed by atoms with Crippen LogP contribution in [0.3, 0.4) is 0 Å². The van der Waals surface area contributed by atoms with Crippen LogP contribution in [0.2, 0.25) is 0 Å². The second-order valence-electron chi connectivity index (χ2n) is 14.8. The van der Waals surface area contributed by atoms with Crippen molar-refractivity contribution in [3.63, 3.8) is 0 Å². The Morgan fingerprint density at radius 2 is 1.36 bits per heavy atom. The number of amides is 1. The summed E-state index contributed by atoms with van der Waals surface area (Å²) < 4.78 is 10.7. The number of aliphatic hydroxyl groups is 6. The van der Waals surface area contributed by atoms with Crippen molar-refractivity contribution < 1.29 is 59.6 Å². The van der Waals surface area contributed by atoms with Gasteiger partial charge < -0.3 is 50.5 Å². The summed E-state index contributed by atoms with van der Waals surface area (Å²) in [6.07, 6.45) is 7.90. The zero-order valence-corrected chi connectivity index (χ0v) is 31.2. The summed E-state index contributed by atoms with van der Waals surface area (Å²) in [4.78, 5) is 37.7. The highest BCUT2D eigenvalue weighted by Gasteiger charge is 2.44. The number of nitrogens with one attached hydrogen (secondary N) is 1. The van der Waals surface area contributed by atoms with Gasteiger partial charge in [-0.15, -0.1) is 0 Å². The van der Waals surface area contributed by atoms with Crippen LogP contribution in [0.1, 0.15) is 122 Å². The Morgan fingerprint density at radius 3 is 1.94 bits per heavy atom. The lowest BCUT2D eigenvalue weighted by Gasteiger charge is -2.39. The number of unbranched alkanes of at least 4 members (excludes halogenated alkanes) is 11. The topological polar surface area (TPSA) is 223 Å². The highest BCUT2D eigenvalue weighted by atomic mass is 16.7. The van der Waals surface area contributed by atoms with E-state index in [4.69, 9.17) is 9.47 Å². The second-order valence-corrected chi connectivity index (χ2v) is 14.8. The van der Waals surface area contributed by atoms with Gasteiger partial charge in [-0.05, 0) is 43.4 Å². The molecule has 3 rings (SSSR count). The van der Waals surface area contributed by atoms with Gasteiger partial charge in [0.15, 0.2) is 12.1 Å². The van der Waals surface area contributed by atoms with E-state index in [0.29, 0.717) is 37.9 Å². The number of benzene rings is 1. The first kappa shape index (κ1) is 44.5. The number of ketones is 2. The van der Waals surface area contributed by atoms with Gasteiger partial charge in [0.1, 0.15) is 47.3 Å². The van der Waals surface area contributed by atoms with Gasteiger partial charge in [-0.1, -0.05) is 89.7 Å². The van der Waals surface area contributed by atoms with Crippen molar-refractivity contribution in [1.82, 2.24) is 5.32 Å². The van der Waals surface area contributed by atoms with Crippen LogP contribution in [0.5, 0.6) is 5.75 Å². The molecule has 3 unspecified atom stereocenters. The zero-order valence-electron chi connectivity index (χ0n) is 31.2. The fourth-order valence-corrected chi connectivity index (χ4v) is 6.90. The molecule has 1 aromatic rings. The highest BCUT2D eigenvalue weighted by molar-refractivity contribution is 6.27. The summed E-state index contributed by atoms with van der Waals surface area (Å²) in [6, 6.07) is 5.73. The molecule has 0 bridgehead atoms. The number of phenols is 1. The Morgan fingerprint density at radius 1 is 0.811 bits per heavy atom. The van der Waals surface area contributed by atoms with E-state index in [-0.39, 0.29) is 29.6 Å². The van der Waals surface area contributed by atoms with Crippen molar-refractivity contribution in [3.05, 3.63) is 41.2 Å². The van der Waals surface area contributed by atoms with Crippen molar-refractivity contribution in [2.24, 2.45) is 5.92 Å². The molecule has 53 heavy (non-hydrogen) atoms. The minimum atomic E-state index is -1.51. The summed E-state index contributed by atoms with van der Waals surface area (Å²) in [5.74, 6) is -0.934. The molecular formula is C40H63NO12. The van der Waals surface area contributed by atoms with Gasteiger partial charge in [0, 0.05) is 25.2 Å². The lowest BCUT2D eigenvalue weighted by atomic mass is 9.94. The molecule has 2 heterocycles. The number of ether oxygens (including phenoxy) is 2. The third-order valence-corrected chi connectivity index (χ3v) is 10.3. The van der Waals surface area contributed by atoms with Gasteiger partial charge in [-0.3, -0.25) is 14.4 Å². The monoisotopic (exact) mass is 749 g/mol. The van der Waals surface area contributed by atoms with Gasteiger partial charge in [0.2, 0.25) is 0 Å². The molecule has 2 aliphatic rings. The number of hydrogen-bond acceptors (Lipinski definition) is 12. The largest absolute Gasteiger partial charge is 0.511 e. The first-order chi connectivity index (χ1) is 25.4.